The number of hydrogen-bond acceptors (Lipinski definition) is 4. The van der Waals surface area contributed by atoms with E-state index in [1.165, 1.54) is 6.21 Å². The van der Waals surface area contributed by atoms with E-state index in [9.17, 15) is 14.4 Å². The van der Waals surface area contributed by atoms with Crippen molar-refractivity contribution in [3.05, 3.63) is 107 Å². The molecule has 0 unspecified atom stereocenters. The molecule has 8 heteroatoms. The Bertz CT molecular complexity index is 1400. The number of amides is 3. The van der Waals surface area contributed by atoms with Crippen molar-refractivity contribution in [1.29, 1.82) is 0 Å². The number of hydrazone groups is 1. The van der Waals surface area contributed by atoms with Crippen molar-refractivity contribution < 1.29 is 14.4 Å². The first kappa shape index (κ1) is 22.9. The highest BCUT2D eigenvalue weighted by Crippen LogP contribution is 2.19. The molecule has 0 saturated carbocycles. The lowest BCUT2D eigenvalue weighted by Gasteiger charge is -2.11. The quantitative estimate of drug-likeness (QED) is 0.199. The van der Waals surface area contributed by atoms with Gasteiger partial charge >= 0.3 is 11.8 Å². The normalized spacial score (nSPS) is 10.7. The third-order valence-corrected chi connectivity index (χ3v) is 5.45. The van der Waals surface area contributed by atoms with E-state index in [4.69, 9.17) is 0 Å². The van der Waals surface area contributed by atoms with Gasteiger partial charge in [-0.1, -0.05) is 70.5 Å². The van der Waals surface area contributed by atoms with Gasteiger partial charge in [0.2, 0.25) is 0 Å². The maximum atomic E-state index is 12.7. The summed E-state index contributed by atoms with van der Waals surface area (Å²) in [5.74, 6) is -2.33. The number of fused-ring (bicyclic) bond motifs is 1. The van der Waals surface area contributed by atoms with Crippen LogP contribution in [-0.2, 0) is 9.59 Å². The van der Waals surface area contributed by atoms with Crippen LogP contribution in [0, 0.1) is 0 Å². The van der Waals surface area contributed by atoms with Crippen molar-refractivity contribution in [1.82, 2.24) is 5.43 Å². The van der Waals surface area contributed by atoms with Crippen LogP contribution in [0.5, 0.6) is 0 Å². The molecule has 3 N–H and O–H groups in total. The lowest BCUT2D eigenvalue weighted by atomic mass is 10.1. The van der Waals surface area contributed by atoms with E-state index in [0.29, 0.717) is 5.69 Å². The topological polar surface area (TPSA) is 99.7 Å². The Morgan fingerprint density at radius 3 is 2.26 bits per heavy atom. The van der Waals surface area contributed by atoms with Crippen molar-refractivity contribution in [3.8, 4) is 0 Å². The molecule has 0 aromatic heterocycles. The Labute approximate surface area is 204 Å². The van der Waals surface area contributed by atoms with Crippen molar-refractivity contribution in [2.45, 2.75) is 0 Å². The van der Waals surface area contributed by atoms with Crippen LogP contribution in [0.2, 0.25) is 0 Å². The molecule has 0 atom stereocenters. The van der Waals surface area contributed by atoms with Gasteiger partial charge in [-0.15, -0.1) is 0 Å². The van der Waals surface area contributed by atoms with Crippen LogP contribution in [0.1, 0.15) is 15.9 Å². The molecule has 168 valence electrons. The highest BCUT2D eigenvalue weighted by molar-refractivity contribution is 9.10. The predicted molar refractivity (Wildman–Crippen MR) is 137 cm³/mol. The molecule has 0 heterocycles. The van der Waals surface area contributed by atoms with Gasteiger partial charge in [0, 0.05) is 15.7 Å². The lowest BCUT2D eigenvalue weighted by Crippen LogP contribution is -2.33. The fraction of sp³-hybridized carbons (Fsp3) is 0. The zero-order valence-corrected chi connectivity index (χ0v) is 19.4. The summed E-state index contributed by atoms with van der Waals surface area (Å²) in [6, 6.07) is 27.0. The molecule has 0 saturated heterocycles. The number of hydrogen-bond donors (Lipinski definition) is 3. The van der Waals surface area contributed by atoms with Gasteiger partial charge < -0.3 is 10.6 Å². The summed E-state index contributed by atoms with van der Waals surface area (Å²) in [5, 5.41) is 11.1. The fourth-order valence-electron chi connectivity index (χ4n) is 3.28. The maximum absolute atomic E-state index is 12.7. The molecule has 4 aromatic rings. The van der Waals surface area contributed by atoms with Gasteiger partial charge in [0.05, 0.1) is 17.5 Å². The van der Waals surface area contributed by atoms with Gasteiger partial charge in [-0.2, -0.15) is 5.10 Å². The third-order valence-electron chi connectivity index (χ3n) is 4.92. The van der Waals surface area contributed by atoms with Crippen LogP contribution in [0.3, 0.4) is 0 Å². The Balaban J connectivity index is 1.41. The number of anilines is 2. The van der Waals surface area contributed by atoms with Crippen molar-refractivity contribution >= 4 is 62.0 Å². The highest BCUT2D eigenvalue weighted by Gasteiger charge is 2.17. The van der Waals surface area contributed by atoms with E-state index < -0.39 is 17.7 Å². The average molecular weight is 515 g/mol. The average Bonchev–Trinajstić information content (AvgIpc) is 2.85. The molecule has 4 rings (SSSR count). The number of para-hydroxylation sites is 1. The SMILES string of the molecule is O=C(N/N=C/c1cccc2ccccc12)C(=O)Nc1ccccc1C(=O)Nc1ccc(Br)cc1. The molecule has 0 spiro atoms. The van der Waals surface area contributed by atoms with Crippen LogP contribution in [0.15, 0.2) is 101 Å². The van der Waals surface area contributed by atoms with E-state index in [0.717, 1.165) is 20.8 Å². The Morgan fingerprint density at radius 2 is 1.44 bits per heavy atom. The number of carbonyl (C=O) groups excluding carboxylic acids is 3. The molecular formula is C26H19BrN4O3. The van der Waals surface area contributed by atoms with Crippen LogP contribution >= 0.6 is 15.9 Å². The number of rotatable bonds is 5. The fourth-order valence-corrected chi connectivity index (χ4v) is 3.54. The monoisotopic (exact) mass is 514 g/mol. The van der Waals surface area contributed by atoms with Gasteiger partial charge in [-0.05, 0) is 47.2 Å². The molecule has 0 aliphatic heterocycles. The van der Waals surface area contributed by atoms with Crippen molar-refractivity contribution in [3.63, 3.8) is 0 Å². The second-order valence-electron chi connectivity index (χ2n) is 7.23. The van der Waals surface area contributed by atoms with E-state index in [2.05, 4.69) is 37.1 Å². The largest absolute Gasteiger partial charge is 0.329 e. The summed E-state index contributed by atoms with van der Waals surface area (Å²) in [6.07, 6.45) is 1.48. The van der Waals surface area contributed by atoms with E-state index in [1.54, 1.807) is 48.5 Å². The van der Waals surface area contributed by atoms with Gasteiger partial charge in [0.25, 0.3) is 5.91 Å². The molecule has 7 nitrogen and oxygen atoms in total. The number of benzene rings is 4. The van der Waals surface area contributed by atoms with Gasteiger partial charge in [0.15, 0.2) is 0 Å². The molecule has 0 radical (unpaired) electrons. The third kappa shape index (κ3) is 5.54. The Kier molecular flexibility index (Phi) is 7.10. The first-order valence-electron chi connectivity index (χ1n) is 10.3. The number of halogens is 1. The van der Waals surface area contributed by atoms with E-state index in [-0.39, 0.29) is 11.3 Å². The van der Waals surface area contributed by atoms with E-state index >= 15 is 0 Å². The van der Waals surface area contributed by atoms with Gasteiger partial charge in [-0.3, -0.25) is 14.4 Å². The van der Waals surface area contributed by atoms with Gasteiger partial charge in [0.1, 0.15) is 0 Å². The highest BCUT2D eigenvalue weighted by atomic mass is 79.9. The zero-order chi connectivity index (χ0) is 23.9. The molecule has 0 bridgehead atoms. The maximum Gasteiger partial charge on any atom is 0.329 e. The van der Waals surface area contributed by atoms with E-state index in [1.807, 2.05) is 42.5 Å². The number of nitrogens with zero attached hydrogens (tertiary/aromatic N) is 1. The molecule has 0 aliphatic rings. The zero-order valence-electron chi connectivity index (χ0n) is 17.8. The summed E-state index contributed by atoms with van der Waals surface area (Å²) in [6.45, 7) is 0. The number of carbonyl (C=O) groups is 3. The second kappa shape index (κ2) is 10.5. The summed E-state index contributed by atoms with van der Waals surface area (Å²) in [5.41, 5.74) is 4.03. The molecule has 0 aliphatic carbocycles. The van der Waals surface area contributed by atoms with Crippen LogP contribution in [0.25, 0.3) is 10.8 Å². The lowest BCUT2D eigenvalue weighted by molar-refractivity contribution is -0.136. The minimum absolute atomic E-state index is 0.204. The van der Waals surface area contributed by atoms with Gasteiger partial charge in [-0.25, -0.2) is 5.43 Å². The van der Waals surface area contributed by atoms with Crippen molar-refractivity contribution in [2.24, 2.45) is 5.10 Å². The predicted octanol–water partition coefficient (Wildman–Crippen LogP) is 4.94. The Hall–Kier alpha value is -4.30. The standard InChI is InChI=1S/C26H19BrN4O3/c27-19-12-14-20(15-13-19)29-24(32)22-10-3-4-11-23(22)30-25(33)26(34)31-28-16-18-8-5-7-17-6-1-2-9-21(17)18/h1-16H,(H,29,32)(H,30,33)(H,31,34)/b28-16+. The van der Waals surface area contributed by atoms with Crippen LogP contribution in [0.4, 0.5) is 11.4 Å². The summed E-state index contributed by atoms with van der Waals surface area (Å²) in [7, 11) is 0. The smallest absolute Gasteiger partial charge is 0.322 e. The summed E-state index contributed by atoms with van der Waals surface area (Å²) >= 11 is 3.34. The molecule has 34 heavy (non-hydrogen) atoms. The molecular weight excluding hydrogens is 496 g/mol. The minimum Gasteiger partial charge on any atom is -0.322 e. The van der Waals surface area contributed by atoms with Crippen molar-refractivity contribution in [2.75, 3.05) is 10.6 Å². The first-order chi connectivity index (χ1) is 16.5. The summed E-state index contributed by atoms with van der Waals surface area (Å²) < 4.78 is 0.882. The minimum atomic E-state index is -0.959. The summed E-state index contributed by atoms with van der Waals surface area (Å²) in [4.78, 5) is 37.4. The second-order valence-corrected chi connectivity index (χ2v) is 8.14. The molecule has 4 aromatic carbocycles. The first-order valence-corrected chi connectivity index (χ1v) is 11.1. The number of nitrogens with one attached hydrogen (secondary N) is 3. The van der Waals surface area contributed by atoms with Crippen LogP contribution < -0.4 is 16.1 Å². The molecule has 0 fully saturated rings. The molecule has 3 amide bonds. The van der Waals surface area contributed by atoms with Crippen LogP contribution in [-0.4, -0.2) is 23.9 Å². The Morgan fingerprint density at radius 1 is 0.735 bits per heavy atom.